The van der Waals surface area contributed by atoms with Crippen LogP contribution in [0.25, 0.3) is 10.2 Å². The van der Waals surface area contributed by atoms with Gasteiger partial charge in [-0.2, -0.15) is 0 Å². The van der Waals surface area contributed by atoms with Gasteiger partial charge in [0.05, 0.1) is 23.4 Å². The molecule has 2 heterocycles. The quantitative estimate of drug-likeness (QED) is 0.792. The smallest absolute Gasteiger partial charge is 0.184 e. The Morgan fingerprint density at radius 3 is 2.91 bits per heavy atom. The predicted molar refractivity (Wildman–Crippen MR) is 89.0 cm³/mol. The van der Waals surface area contributed by atoms with Gasteiger partial charge in [0.15, 0.2) is 16.6 Å². The summed E-state index contributed by atoms with van der Waals surface area (Å²) in [6.07, 6.45) is 0.916. The number of rotatable bonds is 3. The van der Waals surface area contributed by atoms with Gasteiger partial charge in [0.1, 0.15) is 0 Å². The summed E-state index contributed by atoms with van der Waals surface area (Å²) in [5.41, 5.74) is 2.13. The predicted octanol–water partition coefficient (Wildman–Crippen LogP) is 4.07. The van der Waals surface area contributed by atoms with E-state index in [1.165, 1.54) is 4.70 Å². The van der Waals surface area contributed by atoms with Crippen LogP contribution in [-0.2, 0) is 6.54 Å². The summed E-state index contributed by atoms with van der Waals surface area (Å²) >= 11 is 1.66. The zero-order valence-corrected chi connectivity index (χ0v) is 12.9. The minimum absolute atomic E-state index is 0.673. The second kappa shape index (κ2) is 5.85. The normalized spacial score (nSPS) is 13.8. The largest absolute Gasteiger partial charge is 0.490 e. The average Bonchev–Trinajstić information content (AvgIpc) is 2.81. The first kappa shape index (κ1) is 13.4. The van der Waals surface area contributed by atoms with E-state index in [1.807, 2.05) is 30.3 Å². The van der Waals surface area contributed by atoms with E-state index in [0.717, 1.165) is 34.1 Å². The molecule has 1 aromatic heterocycles. The van der Waals surface area contributed by atoms with Crippen molar-refractivity contribution in [2.24, 2.45) is 0 Å². The number of para-hydroxylation sites is 2. The number of hydrogen-bond acceptors (Lipinski definition) is 5. The fourth-order valence-electron chi connectivity index (χ4n) is 2.51. The molecule has 4 nitrogen and oxygen atoms in total. The molecular weight excluding hydrogens is 296 g/mol. The van der Waals surface area contributed by atoms with Gasteiger partial charge in [-0.1, -0.05) is 35.6 Å². The Morgan fingerprint density at radius 2 is 1.95 bits per heavy atom. The number of fused-ring (bicyclic) bond motifs is 2. The first-order valence-electron chi connectivity index (χ1n) is 7.37. The lowest BCUT2D eigenvalue weighted by atomic mass is 10.2. The highest BCUT2D eigenvalue weighted by molar-refractivity contribution is 7.22. The van der Waals surface area contributed by atoms with E-state index < -0.39 is 0 Å². The summed E-state index contributed by atoms with van der Waals surface area (Å²) < 4.78 is 12.8. The first-order chi connectivity index (χ1) is 10.9. The van der Waals surface area contributed by atoms with Crippen molar-refractivity contribution in [1.82, 2.24) is 4.98 Å². The number of anilines is 1. The summed E-state index contributed by atoms with van der Waals surface area (Å²) in [4.78, 5) is 4.59. The lowest BCUT2D eigenvalue weighted by Gasteiger charge is -2.12. The van der Waals surface area contributed by atoms with Crippen LogP contribution < -0.4 is 14.8 Å². The van der Waals surface area contributed by atoms with Crippen LogP contribution in [0.2, 0.25) is 0 Å². The lowest BCUT2D eigenvalue weighted by Crippen LogP contribution is -2.03. The van der Waals surface area contributed by atoms with Crippen molar-refractivity contribution >= 4 is 26.7 Å². The molecule has 1 N–H and O–H groups in total. The molecule has 0 bridgehead atoms. The average molecular weight is 312 g/mol. The number of nitrogens with zero attached hydrogens (tertiary/aromatic N) is 1. The van der Waals surface area contributed by atoms with E-state index >= 15 is 0 Å². The van der Waals surface area contributed by atoms with E-state index in [-0.39, 0.29) is 0 Å². The van der Waals surface area contributed by atoms with Crippen LogP contribution in [0.3, 0.4) is 0 Å². The molecule has 0 amide bonds. The number of benzene rings is 2. The molecule has 0 aliphatic carbocycles. The second-order valence-electron chi connectivity index (χ2n) is 5.14. The molecule has 0 spiro atoms. The summed E-state index contributed by atoms with van der Waals surface area (Å²) in [5.74, 6) is 1.69. The third-order valence-electron chi connectivity index (χ3n) is 3.58. The van der Waals surface area contributed by atoms with Crippen molar-refractivity contribution in [2.45, 2.75) is 13.0 Å². The number of aromatic nitrogens is 1. The topological polar surface area (TPSA) is 43.4 Å². The highest BCUT2D eigenvalue weighted by atomic mass is 32.1. The molecule has 1 aliphatic heterocycles. The highest BCUT2D eigenvalue weighted by Gasteiger charge is 2.14. The molecule has 5 heteroatoms. The zero-order valence-electron chi connectivity index (χ0n) is 12.0. The summed E-state index contributed by atoms with van der Waals surface area (Å²) in [7, 11) is 0. The van der Waals surface area contributed by atoms with Crippen LogP contribution >= 0.6 is 11.3 Å². The Labute approximate surface area is 132 Å². The molecule has 0 saturated heterocycles. The van der Waals surface area contributed by atoms with Gasteiger partial charge < -0.3 is 14.8 Å². The highest BCUT2D eigenvalue weighted by Crippen LogP contribution is 2.34. The Morgan fingerprint density at radius 1 is 1.05 bits per heavy atom. The Balaban J connectivity index is 1.56. The molecule has 1 aliphatic rings. The molecule has 0 radical (unpaired) electrons. The van der Waals surface area contributed by atoms with Gasteiger partial charge in [-0.25, -0.2) is 4.98 Å². The van der Waals surface area contributed by atoms with Gasteiger partial charge in [-0.15, -0.1) is 0 Å². The van der Waals surface area contributed by atoms with Gasteiger partial charge in [0.2, 0.25) is 0 Å². The van der Waals surface area contributed by atoms with Crippen LogP contribution in [0.1, 0.15) is 12.0 Å². The fourth-order valence-corrected chi connectivity index (χ4v) is 3.37. The van der Waals surface area contributed by atoms with Crippen molar-refractivity contribution in [3.63, 3.8) is 0 Å². The Bertz CT molecular complexity index is 767. The van der Waals surface area contributed by atoms with Crippen molar-refractivity contribution < 1.29 is 9.47 Å². The van der Waals surface area contributed by atoms with Gasteiger partial charge in [-0.05, 0) is 18.2 Å². The Hall–Kier alpha value is -2.27. The second-order valence-corrected chi connectivity index (χ2v) is 6.17. The van der Waals surface area contributed by atoms with Crippen molar-refractivity contribution in [1.29, 1.82) is 0 Å². The lowest BCUT2D eigenvalue weighted by molar-refractivity contribution is 0.296. The molecule has 0 fully saturated rings. The SMILES string of the molecule is c1cc(CNc2nc3ccccc3s2)c2c(c1)OCCCO2. The summed E-state index contributed by atoms with van der Waals surface area (Å²) in [6, 6.07) is 14.2. The third-order valence-corrected chi connectivity index (χ3v) is 4.57. The van der Waals surface area contributed by atoms with Crippen molar-refractivity contribution in [3.05, 3.63) is 48.0 Å². The molecule has 0 unspecified atom stereocenters. The van der Waals surface area contributed by atoms with Crippen LogP contribution in [0, 0.1) is 0 Å². The zero-order chi connectivity index (χ0) is 14.8. The molecule has 0 saturated carbocycles. The molecule has 4 rings (SSSR count). The maximum atomic E-state index is 5.84. The Kier molecular flexibility index (Phi) is 3.56. The maximum Gasteiger partial charge on any atom is 0.184 e. The van der Waals surface area contributed by atoms with E-state index in [2.05, 4.69) is 22.4 Å². The summed E-state index contributed by atoms with van der Waals surface area (Å²) in [6.45, 7) is 2.08. The van der Waals surface area contributed by atoms with E-state index in [4.69, 9.17) is 9.47 Å². The van der Waals surface area contributed by atoms with E-state index in [9.17, 15) is 0 Å². The van der Waals surface area contributed by atoms with Crippen LogP contribution in [0.5, 0.6) is 11.5 Å². The number of nitrogens with one attached hydrogen (secondary N) is 1. The van der Waals surface area contributed by atoms with Crippen LogP contribution in [-0.4, -0.2) is 18.2 Å². The van der Waals surface area contributed by atoms with E-state index in [1.54, 1.807) is 11.3 Å². The minimum Gasteiger partial charge on any atom is -0.490 e. The summed E-state index contributed by atoms with van der Waals surface area (Å²) in [5, 5.41) is 4.32. The minimum atomic E-state index is 0.673. The third kappa shape index (κ3) is 2.60. The van der Waals surface area contributed by atoms with Gasteiger partial charge >= 0.3 is 0 Å². The monoisotopic (exact) mass is 312 g/mol. The number of ether oxygens (including phenoxy) is 2. The van der Waals surface area contributed by atoms with Gasteiger partial charge in [0.25, 0.3) is 0 Å². The molecular formula is C17H16N2O2S. The molecule has 112 valence electrons. The molecule has 2 aromatic carbocycles. The van der Waals surface area contributed by atoms with Gasteiger partial charge in [-0.3, -0.25) is 0 Å². The number of hydrogen-bond donors (Lipinski definition) is 1. The van der Waals surface area contributed by atoms with Crippen LogP contribution in [0.4, 0.5) is 5.13 Å². The fraction of sp³-hybridized carbons (Fsp3) is 0.235. The van der Waals surface area contributed by atoms with Gasteiger partial charge in [0, 0.05) is 18.5 Å². The molecule has 3 aromatic rings. The maximum absolute atomic E-state index is 5.84. The van der Waals surface area contributed by atoms with Crippen LogP contribution in [0.15, 0.2) is 42.5 Å². The number of thiazole rings is 1. The molecule has 0 atom stereocenters. The standard InChI is InChI=1S/C17H16N2O2S/c1-2-8-15-13(6-1)19-17(22-15)18-11-12-5-3-7-14-16(12)21-10-4-9-20-14/h1-3,5-8H,4,9-11H2,(H,18,19). The first-order valence-corrected chi connectivity index (χ1v) is 8.19. The van der Waals surface area contributed by atoms with E-state index in [0.29, 0.717) is 19.8 Å². The van der Waals surface area contributed by atoms with Crippen molar-refractivity contribution in [2.75, 3.05) is 18.5 Å². The van der Waals surface area contributed by atoms with Crippen molar-refractivity contribution in [3.8, 4) is 11.5 Å². The molecule has 22 heavy (non-hydrogen) atoms.